The molecule has 0 unspecified atom stereocenters. The summed E-state index contributed by atoms with van der Waals surface area (Å²) >= 11 is 0. The Morgan fingerprint density at radius 3 is 2.03 bits per heavy atom. The number of para-hydroxylation sites is 1. The summed E-state index contributed by atoms with van der Waals surface area (Å²) < 4.78 is 2.37. The second-order valence-electron chi connectivity index (χ2n) is 7.95. The Hall–Kier alpha value is -3.65. The van der Waals surface area contributed by atoms with Crippen molar-refractivity contribution < 1.29 is 0 Å². The highest BCUT2D eigenvalue weighted by atomic mass is 15.1. The Labute approximate surface area is 176 Å². The molecular weight excluding hydrogens is 364 g/mol. The minimum Gasteiger partial charge on any atom is -0.295 e. The summed E-state index contributed by atoms with van der Waals surface area (Å²) in [5.41, 5.74) is 8.10. The SMILES string of the molecule is CCc1ccc2c(c1)nc1n2-c2ccccc2C1(c1ccccc1)c1ccccc1. The van der Waals surface area contributed by atoms with Crippen molar-refractivity contribution in [2.75, 3.05) is 0 Å². The first kappa shape index (κ1) is 17.2. The van der Waals surface area contributed by atoms with Crippen LogP contribution >= 0.6 is 0 Å². The highest BCUT2D eigenvalue weighted by Gasteiger charge is 2.48. The van der Waals surface area contributed by atoms with Crippen LogP contribution in [0.4, 0.5) is 0 Å². The first-order valence-corrected chi connectivity index (χ1v) is 10.6. The molecule has 1 aliphatic rings. The number of aryl methyl sites for hydroxylation is 1. The van der Waals surface area contributed by atoms with E-state index in [1.165, 1.54) is 33.5 Å². The van der Waals surface area contributed by atoms with E-state index in [9.17, 15) is 0 Å². The predicted molar refractivity (Wildman–Crippen MR) is 122 cm³/mol. The lowest BCUT2D eigenvalue weighted by molar-refractivity contribution is 0.718. The molecule has 2 nitrogen and oxygen atoms in total. The number of aromatic nitrogens is 2. The molecule has 6 rings (SSSR count). The Morgan fingerprint density at radius 2 is 1.37 bits per heavy atom. The van der Waals surface area contributed by atoms with Crippen LogP contribution < -0.4 is 0 Å². The molecule has 0 atom stereocenters. The third-order valence-corrected chi connectivity index (χ3v) is 6.43. The van der Waals surface area contributed by atoms with Gasteiger partial charge in [-0.1, -0.05) is 91.9 Å². The molecule has 5 aromatic rings. The molecule has 30 heavy (non-hydrogen) atoms. The Morgan fingerprint density at radius 1 is 0.733 bits per heavy atom. The van der Waals surface area contributed by atoms with Gasteiger partial charge in [-0.3, -0.25) is 4.57 Å². The van der Waals surface area contributed by atoms with Gasteiger partial charge in [0.25, 0.3) is 0 Å². The maximum absolute atomic E-state index is 5.29. The van der Waals surface area contributed by atoms with Crippen molar-refractivity contribution >= 4 is 11.0 Å². The average molecular weight is 386 g/mol. The fourth-order valence-corrected chi connectivity index (χ4v) is 5.06. The zero-order chi connectivity index (χ0) is 20.1. The van der Waals surface area contributed by atoms with Crippen molar-refractivity contribution in [1.82, 2.24) is 9.55 Å². The normalized spacial score (nSPS) is 13.9. The summed E-state index contributed by atoms with van der Waals surface area (Å²) in [6.07, 6.45) is 1.01. The Balaban J connectivity index is 1.81. The maximum atomic E-state index is 5.29. The topological polar surface area (TPSA) is 17.8 Å². The standard InChI is InChI=1S/C28H22N2/c1-2-20-17-18-26-24(19-20)29-27-28(21-11-5-3-6-12-21,22-13-7-4-8-14-22)23-15-9-10-16-25(23)30(26)27/h3-19H,2H2,1H3. The molecule has 0 saturated heterocycles. The van der Waals surface area contributed by atoms with Crippen molar-refractivity contribution in [3.63, 3.8) is 0 Å². The first-order valence-electron chi connectivity index (χ1n) is 10.6. The Kier molecular flexibility index (Phi) is 3.69. The minimum absolute atomic E-state index is 0.440. The van der Waals surface area contributed by atoms with Crippen LogP contribution in [0.3, 0.4) is 0 Å². The zero-order valence-corrected chi connectivity index (χ0v) is 16.9. The molecule has 1 aromatic heterocycles. The summed E-state index contributed by atoms with van der Waals surface area (Å²) in [5.74, 6) is 1.07. The summed E-state index contributed by atoms with van der Waals surface area (Å²) in [4.78, 5) is 5.29. The number of benzene rings is 4. The van der Waals surface area contributed by atoms with Crippen LogP contribution in [-0.2, 0) is 11.8 Å². The van der Waals surface area contributed by atoms with E-state index in [0.717, 1.165) is 17.8 Å². The molecule has 0 N–H and O–H groups in total. The number of hydrogen-bond donors (Lipinski definition) is 0. The highest BCUT2D eigenvalue weighted by Crippen LogP contribution is 2.52. The van der Waals surface area contributed by atoms with Gasteiger partial charge in [0.15, 0.2) is 0 Å². The third kappa shape index (κ3) is 2.16. The monoisotopic (exact) mass is 386 g/mol. The van der Waals surface area contributed by atoms with E-state index in [-0.39, 0.29) is 0 Å². The van der Waals surface area contributed by atoms with Gasteiger partial charge in [0, 0.05) is 0 Å². The maximum Gasteiger partial charge on any atom is 0.134 e. The van der Waals surface area contributed by atoms with Gasteiger partial charge in [-0.15, -0.1) is 0 Å². The lowest BCUT2D eigenvalue weighted by Gasteiger charge is -2.30. The van der Waals surface area contributed by atoms with Gasteiger partial charge in [0.1, 0.15) is 11.2 Å². The quantitative estimate of drug-likeness (QED) is 0.350. The highest BCUT2D eigenvalue weighted by molar-refractivity contribution is 5.84. The number of hydrogen-bond acceptors (Lipinski definition) is 1. The van der Waals surface area contributed by atoms with Crippen LogP contribution in [0.25, 0.3) is 16.7 Å². The van der Waals surface area contributed by atoms with Gasteiger partial charge in [0.2, 0.25) is 0 Å². The first-order chi connectivity index (χ1) is 14.8. The van der Waals surface area contributed by atoms with Gasteiger partial charge in [0.05, 0.1) is 16.7 Å². The fraction of sp³-hybridized carbons (Fsp3) is 0.107. The molecule has 0 radical (unpaired) electrons. The van der Waals surface area contributed by atoms with Crippen molar-refractivity contribution in [1.29, 1.82) is 0 Å². The number of fused-ring (bicyclic) bond motifs is 5. The van der Waals surface area contributed by atoms with E-state index in [1.54, 1.807) is 0 Å². The van der Waals surface area contributed by atoms with Gasteiger partial charge < -0.3 is 0 Å². The van der Waals surface area contributed by atoms with Crippen LogP contribution in [0, 0.1) is 0 Å². The smallest absolute Gasteiger partial charge is 0.134 e. The molecule has 0 bridgehead atoms. The number of nitrogens with zero attached hydrogens (tertiary/aromatic N) is 2. The van der Waals surface area contributed by atoms with Gasteiger partial charge in [-0.05, 0) is 46.9 Å². The molecule has 0 aliphatic carbocycles. The molecular formula is C28H22N2. The van der Waals surface area contributed by atoms with Crippen molar-refractivity contribution in [2.24, 2.45) is 0 Å². The number of imidazole rings is 1. The van der Waals surface area contributed by atoms with E-state index in [0.29, 0.717) is 0 Å². The number of rotatable bonds is 3. The lowest BCUT2D eigenvalue weighted by atomic mass is 9.70. The van der Waals surface area contributed by atoms with Crippen LogP contribution in [0.1, 0.15) is 35.0 Å². The van der Waals surface area contributed by atoms with Gasteiger partial charge in [-0.2, -0.15) is 0 Å². The average Bonchev–Trinajstić information content (AvgIpc) is 3.33. The molecule has 144 valence electrons. The molecule has 2 heterocycles. The lowest BCUT2D eigenvalue weighted by Crippen LogP contribution is -2.29. The second-order valence-corrected chi connectivity index (χ2v) is 7.95. The molecule has 0 saturated carbocycles. The van der Waals surface area contributed by atoms with Gasteiger partial charge >= 0.3 is 0 Å². The fourth-order valence-electron chi connectivity index (χ4n) is 5.06. The minimum atomic E-state index is -0.440. The van der Waals surface area contributed by atoms with E-state index in [1.807, 2.05) is 0 Å². The molecule has 2 heteroatoms. The van der Waals surface area contributed by atoms with E-state index in [2.05, 4.69) is 115 Å². The molecule has 0 spiro atoms. The largest absolute Gasteiger partial charge is 0.295 e. The van der Waals surface area contributed by atoms with Gasteiger partial charge in [-0.25, -0.2) is 4.98 Å². The van der Waals surface area contributed by atoms with Crippen LogP contribution in [0.15, 0.2) is 103 Å². The summed E-state index contributed by atoms with van der Waals surface area (Å²) in [5, 5.41) is 0. The third-order valence-electron chi connectivity index (χ3n) is 6.43. The summed E-state index contributed by atoms with van der Waals surface area (Å²) in [7, 11) is 0. The second kappa shape index (κ2) is 6.43. The van der Waals surface area contributed by atoms with E-state index < -0.39 is 5.41 Å². The molecule has 1 aliphatic heterocycles. The summed E-state index contributed by atoms with van der Waals surface area (Å²) in [6.45, 7) is 2.19. The predicted octanol–water partition coefficient (Wildman–Crippen LogP) is 6.28. The van der Waals surface area contributed by atoms with Crippen molar-refractivity contribution in [2.45, 2.75) is 18.8 Å². The van der Waals surface area contributed by atoms with E-state index in [4.69, 9.17) is 4.98 Å². The van der Waals surface area contributed by atoms with Crippen molar-refractivity contribution in [3.05, 3.63) is 131 Å². The molecule has 0 fully saturated rings. The van der Waals surface area contributed by atoms with Crippen LogP contribution in [0.5, 0.6) is 0 Å². The van der Waals surface area contributed by atoms with Crippen LogP contribution in [0.2, 0.25) is 0 Å². The molecule has 4 aromatic carbocycles. The van der Waals surface area contributed by atoms with Crippen LogP contribution in [-0.4, -0.2) is 9.55 Å². The zero-order valence-electron chi connectivity index (χ0n) is 16.9. The summed E-state index contributed by atoms with van der Waals surface area (Å²) in [6, 6.07) is 37.1. The Bertz CT molecular complexity index is 1320. The van der Waals surface area contributed by atoms with E-state index >= 15 is 0 Å². The molecule has 0 amide bonds. The van der Waals surface area contributed by atoms with Crippen molar-refractivity contribution in [3.8, 4) is 5.69 Å².